The van der Waals surface area contributed by atoms with E-state index < -0.39 is 0 Å². The van der Waals surface area contributed by atoms with Gasteiger partial charge in [-0.2, -0.15) is 0 Å². The molecule has 1 N–H and O–H groups in total. The highest BCUT2D eigenvalue weighted by molar-refractivity contribution is 6.34. The van der Waals surface area contributed by atoms with Crippen LogP contribution in [0.5, 0.6) is 0 Å². The third-order valence-corrected chi connectivity index (χ3v) is 3.12. The minimum Gasteiger partial charge on any atom is -0.345 e. The number of nitrogens with one attached hydrogen (secondary N) is 1. The van der Waals surface area contributed by atoms with Crippen LogP contribution >= 0.6 is 11.6 Å². The quantitative estimate of drug-likeness (QED) is 0.948. The lowest BCUT2D eigenvalue weighted by molar-refractivity contribution is 0.0827. The van der Waals surface area contributed by atoms with Crippen molar-refractivity contribution in [2.45, 2.75) is 0 Å². The molecule has 2 aromatic rings. The molecule has 108 valence electrons. The highest BCUT2D eigenvalue weighted by atomic mass is 35.5. The Bertz CT molecular complexity index is 686. The number of pyridine rings is 1. The van der Waals surface area contributed by atoms with Crippen LogP contribution in [0.25, 0.3) is 0 Å². The molecule has 0 unspecified atom stereocenters. The van der Waals surface area contributed by atoms with E-state index in [-0.39, 0.29) is 17.4 Å². The molecule has 0 radical (unpaired) electrons. The monoisotopic (exact) mass is 303 g/mol. The van der Waals surface area contributed by atoms with Gasteiger partial charge < -0.3 is 10.2 Å². The average Bonchev–Trinajstić information content (AvgIpc) is 2.47. The van der Waals surface area contributed by atoms with Crippen LogP contribution in [0.1, 0.15) is 20.7 Å². The minimum absolute atomic E-state index is 0.134. The fraction of sp³-hybridized carbons (Fsp3) is 0.133. The zero-order valence-electron chi connectivity index (χ0n) is 11.6. The van der Waals surface area contributed by atoms with Gasteiger partial charge in [0.15, 0.2) is 0 Å². The van der Waals surface area contributed by atoms with Gasteiger partial charge in [0.1, 0.15) is 0 Å². The Balaban J connectivity index is 2.21. The molecule has 2 rings (SSSR count). The number of rotatable bonds is 3. The summed E-state index contributed by atoms with van der Waals surface area (Å²) in [4.78, 5) is 29.3. The van der Waals surface area contributed by atoms with Gasteiger partial charge in [0.25, 0.3) is 11.8 Å². The smallest absolute Gasteiger partial charge is 0.258 e. The van der Waals surface area contributed by atoms with Crippen LogP contribution in [0.2, 0.25) is 5.02 Å². The third kappa shape index (κ3) is 3.58. The second-order valence-electron chi connectivity index (χ2n) is 4.59. The van der Waals surface area contributed by atoms with E-state index in [4.69, 9.17) is 11.6 Å². The Morgan fingerprint density at radius 2 is 2.00 bits per heavy atom. The van der Waals surface area contributed by atoms with Gasteiger partial charge in [-0.15, -0.1) is 0 Å². The molecule has 0 spiro atoms. The molecule has 21 heavy (non-hydrogen) atoms. The van der Waals surface area contributed by atoms with Crippen LogP contribution in [-0.4, -0.2) is 35.8 Å². The fourth-order valence-electron chi connectivity index (χ4n) is 1.73. The normalized spacial score (nSPS) is 10.0. The van der Waals surface area contributed by atoms with Gasteiger partial charge >= 0.3 is 0 Å². The molecule has 0 aliphatic heterocycles. The van der Waals surface area contributed by atoms with Crippen LogP contribution in [-0.2, 0) is 0 Å². The van der Waals surface area contributed by atoms with Crippen LogP contribution in [0.15, 0.2) is 42.7 Å². The molecule has 1 aromatic carbocycles. The molecule has 5 nitrogen and oxygen atoms in total. The van der Waals surface area contributed by atoms with Crippen LogP contribution in [0.3, 0.4) is 0 Å². The lowest BCUT2D eigenvalue weighted by atomic mass is 10.1. The molecule has 0 aliphatic carbocycles. The van der Waals surface area contributed by atoms with E-state index in [1.807, 2.05) is 0 Å². The summed E-state index contributed by atoms with van der Waals surface area (Å²) in [5.41, 5.74) is 1.30. The van der Waals surface area contributed by atoms with Gasteiger partial charge in [-0.05, 0) is 24.3 Å². The molecule has 0 aliphatic rings. The molecule has 6 heteroatoms. The maximum Gasteiger partial charge on any atom is 0.258 e. The van der Waals surface area contributed by atoms with E-state index in [1.165, 1.54) is 17.3 Å². The van der Waals surface area contributed by atoms with E-state index >= 15 is 0 Å². The SMILES string of the molecule is CN(C)C(=O)c1cccc(NC(=O)c2cnccc2Cl)c1. The summed E-state index contributed by atoms with van der Waals surface area (Å²) in [5, 5.41) is 3.02. The van der Waals surface area contributed by atoms with Crippen molar-refractivity contribution in [2.75, 3.05) is 19.4 Å². The van der Waals surface area contributed by atoms with E-state index in [0.717, 1.165) is 0 Å². The predicted octanol–water partition coefficient (Wildman–Crippen LogP) is 2.69. The number of anilines is 1. The summed E-state index contributed by atoms with van der Waals surface area (Å²) >= 11 is 5.95. The number of halogens is 1. The number of hydrogen-bond donors (Lipinski definition) is 1. The van der Waals surface area contributed by atoms with Crippen molar-refractivity contribution < 1.29 is 9.59 Å². The van der Waals surface area contributed by atoms with Crippen molar-refractivity contribution in [2.24, 2.45) is 0 Å². The fourth-order valence-corrected chi connectivity index (χ4v) is 1.92. The van der Waals surface area contributed by atoms with Gasteiger partial charge in [0.05, 0.1) is 10.6 Å². The molecule has 0 saturated carbocycles. The van der Waals surface area contributed by atoms with Crippen molar-refractivity contribution in [3.05, 3.63) is 58.9 Å². The Morgan fingerprint density at radius 3 is 2.67 bits per heavy atom. The van der Waals surface area contributed by atoms with Gasteiger partial charge in [-0.3, -0.25) is 14.6 Å². The van der Waals surface area contributed by atoms with Gasteiger partial charge in [0.2, 0.25) is 0 Å². The predicted molar refractivity (Wildman–Crippen MR) is 81.7 cm³/mol. The number of aromatic nitrogens is 1. The van der Waals surface area contributed by atoms with Gasteiger partial charge in [-0.25, -0.2) is 0 Å². The zero-order chi connectivity index (χ0) is 15.4. The number of amides is 2. The highest BCUT2D eigenvalue weighted by Gasteiger charge is 2.12. The summed E-state index contributed by atoms with van der Waals surface area (Å²) in [7, 11) is 3.34. The van der Waals surface area contributed by atoms with Crippen molar-refractivity contribution in [1.29, 1.82) is 0 Å². The maximum atomic E-state index is 12.1. The summed E-state index contributed by atoms with van der Waals surface area (Å²) < 4.78 is 0. The first-order chi connectivity index (χ1) is 9.99. The standard InChI is InChI=1S/C15H14ClN3O2/c1-19(2)15(21)10-4-3-5-11(8-10)18-14(20)12-9-17-7-6-13(12)16/h3-9H,1-2H3,(H,18,20). The van der Waals surface area contributed by atoms with Gasteiger partial charge in [-0.1, -0.05) is 17.7 Å². The number of carbonyl (C=O) groups is 2. The number of carbonyl (C=O) groups excluding carboxylic acids is 2. The van der Waals surface area contributed by atoms with E-state index in [0.29, 0.717) is 16.3 Å². The number of nitrogens with zero attached hydrogens (tertiary/aromatic N) is 2. The topological polar surface area (TPSA) is 62.3 Å². The molecular weight excluding hydrogens is 290 g/mol. The largest absolute Gasteiger partial charge is 0.345 e. The second-order valence-corrected chi connectivity index (χ2v) is 5.00. The minimum atomic E-state index is -0.373. The molecular formula is C15H14ClN3O2. The zero-order valence-corrected chi connectivity index (χ0v) is 12.4. The first kappa shape index (κ1) is 15.0. The molecule has 0 saturated heterocycles. The highest BCUT2D eigenvalue weighted by Crippen LogP contribution is 2.17. The van der Waals surface area contributed by atoms with Gasteiger partial charge in [0, 0.05) is 37.7 Å². The van der Waals surface area contributed by atoms with Crippen molar-refractivity contribution in [1.82, 2.24) is 9.88 Å². The van der Waals surface area contributed by atoms with Crippen LogP contribution in [0.4, 0.5) is 5.69 Å². The van der Waals surface area contributed by atoms with Crippen molar-refractivity contribution in [3.63, 3.8) is 0 Å². The first-order valence-corrected chi connectivity index (χ1v) is 6.59. The molecule has 1 aromatic heterocycles. The second kappa shape index (κ2) is 6.37. The lowest BCUT2D eigenvalue weighted by Gasteiger charge is -2.12. The molecule has 2 amide bonds. The average molecular weight is 304 g/mol. The van der Waals surface area contributed by atoms with E-state index in [2.05, 4.69) is 10.3 Å². The first-order valence-electron chi connectivity index (χ1n) is 6.21. The van der Waals surface area contributed by atoms with Crippen LogP contribution in [0, 0.1) is 0 Å². The Hall–Kier alpha value is -2.40. The number of hydrogen-bond acceptors (Lipinski definition) is 3. The van der Waals surface area contributed by atoms with Crippen molar-refractivity contribution >= 4 is 29.1 Å². The van der Waals surface area contributed by atoms with Crippen LogP contribution < -0.4 is 5.32 Å². The summed E-state index contributed by atoms with van der Waals surface area (Å²) in [5.74, 6) is -0.506. The summed E-state index contributed by atoms with van der Waals surface area (Å²) in [6, 6.07) is 8.26. The van der Waals surface area contributed by atoms with E-state index in [9.17, 15) is 9.59 Å². The van der Waals surface area contributed by atoms with E-state index in [1.54, 1.807) is 44.4 Å². The third-order valence-electron chi connectivity index (χ3n) is 2.79. The van der Waals surface area contributed by atoms with Crippen molar-refractivity contribution in [3.8, 4) is 0 Å². The summed E-state index contributed by atoms with van der Waals surface area (Å²) in [6.07, 6.45) is 2.90. The Morgan fingerprint density at radius 1 is 1.24 bits per heavy atom. The Labute approximate surface area is 127 Å². The number of benzene rings is 1. The molecule has 0 atom stereocenters. The summed E-state index contributed by atoms with van der Waals surface area (Å²) in [6.45, 7) is 0. The maximum absolute atomic E-state index is 12.1. The molecule has 1 heterocycles. The molecule has 0 fully saturated rings. The lowest BCUT2D eigenvalue weighted by Crippen LogP contribution is -2.22. The Kier molecular flexibility index (Phi) is 4.55. The molecule has 0 bridgehead atoms.